The van der Waals surface area contributed by atoms with Gasteiger partial charge < -0.3 is 10.2 Å². The quantitative estimate of drug-likeness (QED) is 0.234. The Labute approximate surface area is 179 Å². The third kappa shape index (κ3) is 25.0. The summed E-state index contributed by atoms with van der Waals surface area (Å²) in [5.74, 6) is -1.61. The number of rotatable bonds is 14. The van der Waals surface area contributed by atoms with E-state index in [1.807, 2.05) is 0 Å². The maximum absolute atomic E-state index is 10.5. The fourth-order valence-electron chi connectivity index (χ4n) is 2.50. The maximum atomic E-state index is 10.5. The molecule has 0 bridgehead atoms. The van der Waals surface area contributed by atoms with Crippen LogP contribution >= 0.6 is 0 Å². The van der Waals surface area contributed by atoms with Crippen LogP contribution in [-0.4, -0.2) is 22.2 Å². The van der Waals surface area contributed by atoms with Crippen LogP contribution < -0.4 is 0 Å². The first kappa shape index (κ1) is 30.8. The minimum absolute atomic E-state index is 0. The van der Waals surface area contributed by atoms with Crippen molar-refractivity contribution in [2.75, 3.05) is 0 Å². The van der Waals surface area contributed by atoms with Crippen LogP contribution in [0.25, 0.3) is 0 Å². The third-order valence-corrected chi connectivity index (χ3v) is 4.06. The molecule has 0 fully saturated rings. The molecule has 2 N–H and O–H groups in total. The summed E-state index contributed by atoms with van der Waals surface area (Å²) in [5, 5.41) is 17.2. The molecule has 0 atom stereocenters. The number of carboxylic acids is 2. The maximum Gasteiger partial charge on any atom is 0.328 e. The molecule has 0 aromatic rings. The van der Waals surface area contributed by atoms with E-state index in [0.29, 0.717) is 0 Å². The topological polar surface area (TPSA) is 74.6 Å². The van der Waals surface area contributed by atoms with Gasteiger partial charge in [-0.1, -0.05) is 64.5 Å². The van der Waals surface area contributed by atoms with Crippen molar-refractivity contribution in [1.29, 1.82) is 0 Å². The molecular formula is C22H40O4Zn. The van der Waals surface area contributed by atoms with Gasteiger partial charge in [-0.2, -0.15) is 0 Å². The van der Waals surface area contributed by atoms with Gasteiger partial charge in [0.2, 0.25) is 0 Å². The fourth-order valence-corrected chi connectivity index (χ4v) is 2.50. The number of unbranched alkanes of at least 4 members (excludes halogenated alkanes) is 4. The van der Waals surface area contributed by atoms with E-state index in [-0.39, 0.29) is 19.5 Å². The Bertz CT molecular complexity index is 368. The summed E-state index contributed by atoms with van der Waals surface area (Å²) in [6.45, 7) is 8.49. The number of hydrogen-bond acceptors (Lipinski definition) is 2. The molecule has 0 aliphatic carbocycles. The molecule has 0 heterocycles. The average Bonchev–Trinajstić information content (AvgIpc) is 2.59. The van der Waals surface area contributed by atoms with Crippen LogP contribution in [0.5, 0.6) is 0 Å². The van der Waals surface area contributed by atoms with Crippen LogP contribution in [0.15, 0.2) is 23.3 Å². The molecule has 0 amide bonds. The molecular weight excluding hydrogens is 394 g/mol. The summed E-state index contributed by atoms with van der Waals surface area (Å²) in [6.07, 6.45) is 15.5. The first-order valence-corrected chi connectivity index (χ1v) is 10.3. The van der Waals surface area contributed by atoms with Crippen LogP contribution in [0, 0.1) is 0 Å². The monoisotopic (exact) mass is 432 g/mol. The normalized spacial score (nSPS) is 9.33. The number of hydrogen-bond donors (Lipinski definition) is 2. The van der Waals surface area contributed by atoms with Crippen molar-refractivity contribution in [1.82, 2.24) is 0 Å². The van der Waals surface area contributed by atoms with Gasteiger partial charge in [0.1, 0.15) is 0 Å². The Hall–Kier alpha value is -0.957. The second kappa shape index (κ2) is 23.1. The summed E-state index contributed by atoms with van der Waals surface area (Å²) in [5.41, 5.74) is 2.19. The van der Waals surface area contributed by atoms with Gasteiger partial charge in [0.05, 0.1) is 0 Å². The van der Waals surface area contributed by atoms with Gasteiger partial charge in [-0.15, -0.1) is 0 Å². The van der Waals surface area contributed by atoms with Crippen molar-refractivity contribution < 1.29 is 39.3 Å². The van der Waals surface area contributed by atoms with Crippen molar-refractivity contribution in [2.24, 2.45) is 0 Å². The Morgan fingerprint density at radius 2 is 0.815 bits per heavy atom. The van der Waals surface area contributed by atoms with Crippen molar-refractivity contribution in [3.8, 4) is 0 Å². The summed E-state index contributed by atoms with van der Waals surface area (Å²) in [4.78, 5) is 20.9. The smallest absolute Gasteiger partial charge is 0.328 e. The fraction of sp³-hybridized carbons (Fsp3) is 0.727. The molecule has 0 aromatic carbocycles. The Kier molecular flexibility index (Phi) is 26.3. The van der Waals surface area contributed by atoms with Gasteiger partial charge in [-0.05, 0) is 51.4 Å². The number of carboxylic acid groups (broad SMARTS) is 2. The summed E-state index contributed by atoms with van der Waals surface area (Å²) in [6, 6.07) is 0. The van der Waals surface area contributed by atoms with E-state index in [2.05, 4.69) is 27.7 Å². The summed E-state index contributed by atoms with van der Waals surface area (Å²) >= 11 is 0. The zero-order valence-electron chi connectivity index (χ0n) is 18.1. The second-order valence-electron chi connectivity index (χ2n) is 6.70. The largest absolute Gasteiger partial charge is 0.478 e. The molecule has 27 heavy (non-hydrogen) atoms. The van der Waals surface area contributed by atoms with Crippen molar-refractivity contribution in [3.63, 3.8) is 0 Å². The molecule has 0 saturated heterocycles. The van der Waals surface area contributed by atoms with E-state index in [4.69, 9.17) is 10.2 Å². The molecule has 154 valence electrons. The van der Waals surface area contributed by atoms with Gasteiger partial charge in [0.15, 0.2) is 0 Å². The Morgan fingerprint density at radius 3 is 0.963 bits per heavy atom. The Balaban J connectivity index is -0.000000411. The predicted octanol–water partition coefficient (Wildman–Crippen LogP) is 6.75. The Morgan fingerprint density at radius 1 is 0.593 bits per heavy atom. The van der Waals surface area contributed by atoms with E-state index in [1.165, 1.54) is 12.2 Å². The van der Waals surface area contributed by atoms with Crippen molar-refractivity contribution in [3.05, 3.63) is 23.3 Å². The zero-order valence-corrected chi connectivity index (χ0v) is 21.0. The van der Waals surface area contributed by atoms with E-state index in [9.17, 15) is 9.59 Å². The van der Waals surface area contributed by atoms with E-state index >= 15 is 0 Å². The zero-order chi connectivity index (χ0) is 20.2. The van der Waals surface area contributed by atoms with Gasteiger partial charge >= 0.3 is 11.9 Å². The minimum Gasteiger partial charge on any atom is -0.478 e. The molecule has 0 saturated carbocycles. The summed E-state index contributed by atoms with van der Waals surface area (Å²) in [7, 11) is 0. The SMILES string of the molecule is CCCCC(=CC(=O)O)CCCC.CCCCC(=CC(=O)O)CCCC.[Zn]. The first-order valence-electron chi connectivity index (χ1n) is 10.3. The van der Waals surface area contributed by atoms with Crippen LogP contribution in [-0.2, 0) is 29.1 Å². The van der Waals surface area contributed by atoms with Gasteiger partial charge in [0.25, 0.3) is 0 Å². The molecule has 4 nitrogen and oxygen atoms in total. The molecule has 0 rings (SSSR count). The molecule has 0 aliphatic heterocycles. The molecule has 0 radical (unpaired) electrons. The van der Waals surface area contributed by atoms with E-state index in [1.54, 1.807) is 0 Å². The number of carbonyl (C=O) groups is 2. The standard InChI is InChI=1S/2C11H20O2.Zn/c2*1-3-5-7-10(8-6-4-2)9-11(12)13;/h2*9H,3-8H2,1-2H3,(H,12,13);. The van der Waals surface area contributed by atoms with Gasteiger partial charge in [0, 0.05) is 31.6 Å². The van der Waals surface area contributed by atoms with Gasteiger partial charge in [-0.3, -0.25) is 0 Å². The predicted molar refractivity (Wildman–Crippen MR) is 110 cm³/mol. The van der Waals surface area contributed by atoms with Gasteiger partial charge in [-0.25, -0.2) is 9.59 Å². The van der Waals surface area contributed by atoms with Crippen LogP contribution in [0.4, 0.5) is 0 Å². The third-order valence-electron chi connectivity index (χ3n) is 4.06. The number of aliphatic carboxylic acids is 2. The summed E-state index contributed by atoms with van der Waals surface area (Å²) < 4.78 is 0. The number of allylic oxidation sites excluding steroid dienone is 2. The van der Waals surface area contributed by atoms with Crippen LogP contribution in [0.3, 0.4) is 0 Å². The first-order chi connectivity index (χ1) is 12.4. The average molecular weight is 434 g/mol. The molecule has 0 aliphatic rings. The molecule has 5 heteroatoms. The van der Waals surface area contributed by atoms with Crippen molar-refractivity contribution >= 4 is 11.9 Å². The molecule has 0 aromatic heterocycles. The van der Waals surface area contributed by atoms with E-state index < -0.39 is 11.9 Å². The van der Waals surface area contributed by atoms with Crippen LogP contribution in [0.1, 0.15) is 105 Å². The second-order valence-corrected chi connectivity index (χ2v) is 6.70. The van der Waals surface area contributed by atoms with Crippen molar-refractivity contribution in [2.45, 2.75) is 105 Å². The molecule has 0 spiro atoms. The van der Waals surface area contributed by atoms with Crippen LogP contribution in [0.2, 0.25) is 0 Å². The minimum atomic E-state index is -0.804. The van der Waals surface area contributed by atoms with E-state index in [0.717, 1.165) is 88.2 Å². The molecule has 0 unspecified atom stereocenters.